The second-order valence-electron chi connectivity index (χ2n) is 6.15. The zero-order valence-corrected chi connectivity index (χ0v) is 16.2. The summed E-state index contributed by atoms with van der Waals surface area (Å²) < 4.78 is 62.3. The molecule has 0 unspecified atom stereocenters. The Morgan fingerprint density at radius 2 is 1.89 bits per heavy atom. The Balaban J connectivity index is 1.72. The maximum atomic E-state index is 12.8. The van der Waals surface area contributed by atoms with Gasteiger partial charge in [0, 0.05) is 35.2 Å². The van der Waals surface area contributed by atoms with Crippen molar-refractivity contribution >= 4 is 42.8 Å². The lowest BCUT2D eigenvalue weighted by Gasteiger charge is -2.32. The van der Waals surface area contributed by atoms with Crippen LogP contribution in [0.25, 0.3) is 10.9 Å². The maximum absolute atomic E-state index is 12.8. The molecular weight excluding hydrogens is 451 g/mol. The van der Waals surface area contributed by atoms with Crippen molar-refractivity contribution in [2.24, 2.45) is 0 Å². The Hall–Kier alpha value is -1.72. The molecule has 1 aromatic heterocycles. The second-order valence-corrected chi connectivity index (χ2v) is 8.77. The van der Waals surface area contributed by atoms with E-state index in [1.54, 1.807) is 22.9 Å². The number of likely N-dealkylation sites (tertiary alicyclic amines) is 1. The van der Waals surface area contributed by atoms with Crippen molar-refractivity contribution in [3.63, 3.8) is 0 Å². The summed E-state index contributed by atoms with van der Waals surface area (Å²) in [5.74, 6) is -0.266. The summed E-state index contributed by atoms with van der Waals surface area (Å²) in [7, 11) is -5.39. The minimum Gasteiger partial charge on any atom is -0.339 e. The van der Waals surface area contributed by atoms with Gasteiger partial charge in [0.1, 0.15) is 0 Å². The molecular formula is C16H15BrF3N3O3S. The largest absolute Gasteiger partial charge is 0.511 e. The van der Waals surface area contributed by atoms with Gasteiger partial charge >= 0.3 is 15.5 Å². The minimum absolute atomic E-state index is 0.105. The smallest absolute Gasteiger partial charge is 0.339 e. The van der Waals surface area contributed by atoms with Crippen LogP contribution in [0, 0.1) is 0 Å². The number of hydrogen-bond donors (Lipinski definition) is 1. The average molecular weight is 466 g/mol. The number of hydrogen-bond acceptors (Lipinski definition) is 4. The molecule has 146 valence electrons. The number of carbonyl (C=O) groups excluding carboxylic acids is 1. The number of aromatic nitrogens is 1. The fourth-order valence-electron chi connectivity index (χ4n) is 2.96. The molecule has 1 saturated heterocycles. The summed E-state index contributed by atoms with van der Waals surface area (Å²) in [6, 6.07) is 6.09. The van der Waals surface area contributed by atoms with Crippen LogP contribution in [0.15, 0.2) is 34.9 Å². The third kappa shape index (κ3) is 4.25. The molecule has 3 rings (SSSR count). The molecule has 0 spiro atoms. The van der Waals surface area contributed by atoms with Crippen LogP contribution in [0.4, 0.5) is 13.2 Å². The first kappa shape index (κ1) is 20.0. The van der Waals surface area contributed by atoms with E-state index in [4.69, 9.17) is 0 Å². The number of alkyl halides is 3. The number of nitrogens with zero attached hydrogens (tertiary/aromatic N) is 2. The van der Waals surface area contributed by atoms with Gasteiger partial charge in [0.05, 0.1) is 11.1 Å². The molecule has 0 saturated carbocycles. The van der Waals surface area contributed by atoms with Crippen molar-refractivity contribution in [3.8, 4) is 0 Å². The van der Waals surface area contributed by atoms with Gasteiger partial charge in [0.15, 0.2) is 0 Å². The third-order valence-corrected chi connectivity index (χ3v) is 6.09. The topological polar surface area (TPSA) is 79.4 Å². The van der Waals surface area contributed by atoms with Gasteiger partial charge < -0.3 is 4.90 Å². The number of nitrogens with one attached hydrogen (secondary N) is 1. The molecule has 11 heteroatoms. The average Bonchev–Trinajstić information content (AvgIpc) is 2.60. The second kappa shape index (κ2) is 7.36. The van der Waals surface area contributed by atoms with Crippen LogP contribution < -0.4 is 4.72 Å². The van der Waals surface area contributed by atoms with Crippen molar-refractivity contribution in [1.82, 2.24) is 14.6 Å². The van der Waals surface area contributed by atoms with Crippen LogP contribution in [0.1, 0.15) is 23.2 Å². The molecule has 6 nitrogen and oxygen atoms in total. The molecule has 27 heavy (non-hydrogen) atoms. The highest BCUT2D eigenvalue weighted by molar-refractivity contribution is 9.10. The predicted octanol–water partition coefficient (Wildman–Crippen LogP) is 3.04. The number of piperidine rings is 1. The molecule has 1 N–H and O–H groups in total. The van der Waals surface area contributed by atoms with Crippen LogP contribution in [-0.2, 0) is 10.0 Å². The molecule has 1 aliphatic rings. The van der Waals surface area contributed by atoms with Crippen LogP contribution in [0.2, 0.25) is 0 Å². The number of halogens is 4. The van der Waals surface area contributed by atoms with E-state index < -0.39 is 21.6 Å². The van der Waals surface area contributed by atoms with Gasteiger partial charge in [-0.2, -0.15) is 13.2 Å². The van der Waals surface area contributed by atoms with Gasteiger partial charge in [0.25, 0.3) is 5.91 Å². The fraction of sp³-hybridized carbons (Fsp3) is 0.375. The number of pyridine rings is 1. The van der Waals surface area contributed by atoms with Crippen LogP contribution >= 0.6 is 15.9 Å². The molecule has 1 amide bonds. The molecule has 0 radical (unpaired) electrons. The number of benzene rings is 1. The van der Waals surface area contributed by atoms with E-state index in [0.29, 0.717) is 16.5 Å². The number of fused-ring (bicyclic) bond motifs is 1. The number of sulfonamides is 1. The quantitative estimate of drug-likeness (QED) is 0.755. The number of carbonyl (C=O) groups is 1. The first-order valence-corrected chi connectivity index (χ1v) is 10.3. The Kier molecular flexibility index (Phi) is 5.46. The summed E-state index contributed by atoms with van der Waals surface area (Å²) in [6.45, 7) is 0.309. The molecule has 0 aliphatic carbocycles. The van der Waals surface area contributed by atoms with Gasteiger partial charge in [-0.25, -0.2) is 13.1 Å². The highest BCUT2D eigenvalue weighted by Gasteiger charge is 2.47. The van der Waals surface area contributed by atoms with Crippen molar-refractivity contribution < 1.29 is 26.4 Å². The van der Waals surface area contributed by atoms with Crippen molar-refractivity contribution in [2.45, 2.75) is 24.4 Å². The number of amides is 1. The van der Waals surface area contributed by atoms with Crippen molar-refractivity contribution in [3.05, 3.63) is 40.5 Å². The van der Waals surface area contributed by atoms with Gasteiger partial charge in [-0.3, -0.25) is 9.78 Å². The molecule has 1 aromatic carbocycles. The molecule has 1 fully saturated rings. The molecule has 0 atom stereocenters. The first-order valence-electron chi connectivity index (χ1n) is 8.00. The molecule has 2 aromatic rings. The summed E-state index contributed by atoms with van der Waals surface area (Å²) in [5.41, 5.74) is -4.25. The highest BCUT2D eigenvalue weighted by atomic mass is 79.9. The maximum Gasteiger partial charge on any atom is 0.511 e. The SMILES string of the molecule is O=C(c1ccnc2ccc(Br)cc12)N1CCC(NS(=O)(=O)C(F)(F)F)CC1. The zero-order chi connectivity index (χ0) is 19.8. The van der Waals surface area contributed by atoms with E-state index in [2.05, 4.69) is 20.9 Å². The lowest BCUT2D eigenvalue weighted by atomic mass is 10.0. The van der Waals surface area contributed by atoms with E-state index >= 15 is 0 Å². The minimum atomic E-state index is -5.39. The summed E-state index contributed by atoms with van der Waals surface area (Å²) in [5, 5.41) is 0.664. The summed E-state index contributed by atoms with van der Waals surface area (Å²) in [6.07, 6.45) is 1.73. The van der Waals surface area contributed by atoms with E-state index in [1.807, 2.05) is 6.07 Å². The molecule has 0 bridgehead atoms. The fourth-order valence-corrected chi connectivity index (χ4v) is 4.13. The first-order chi connectivity index (χ1) is 12.6. The van der Waals surface area contributed by atoms with Crippen LogP contribution in [0.5, 0.6) is 0 Å². The Morgan fingerprint density at radius 3 is 2.52 bits per heavy atom. The van der Waals surface area contributed by atoms with E-state index in [-0.39, 0.29) is 31.8 Å². The summed E-state index contributed by atoms with van der Waals surface area (Å²) >= 11 is 3.35. The van der Waals surface area contributed by atoms with Gasteiger partial charge in [-0.1, -0.05) is 15.9 Å². The van der Waals surface area contributed by atoms with E-state index in [1.165, 1.54) is 11.1 Å². The standard InChI is InChI=1S/C16H15BrF3N3O3S/c17-10-1-2-14-13(9-10)12(3-6-21-14)15(24)23-7-4-11(5-8-23)22-27(25,26)16(18,19)20/h1-3,6,9,11,22H,4-5,7-8H2. The monoisotopic (exact) mass is 465 g/mol. The van der Waals surface area contributed by atoms with E-state index in [9.17, 15) is 26.4 Å². The Labute approximate surface area is 161 Å². The van der Waals surface area contributed by atoms with Crippen LogP contribution in [0.3, 0.4) is 0 Å². The Morgan fingerprint density at radius 1 is 1.22 bits per heavy atom. The lowest BCUT2D eigenvalue weighted by Crippen LogP contribution is -2.49. The zero-order valence-electron chi connectivity index (χ0n) is 13.8. The highest BCUT2D eigenvalue weighted by Crippen LogP contribution is 2.26. The normalized spacial score (nSPS) is 16.7. The number of rotatable bonds is 3. The molecule has 2 heterocycles. The van der Waals surface area contributed by atoms with Gasteiger partial charge in [-0.15, -0.1) is 0 Å². The lowest BCUT2D eigenvalue weighted by molar-refractivity contribution is -0.0453. The predicted molar refractivity (Wildman–Crippen MR) is 96.5 cm³/mol. The van der Waals surface area contributed by atoms with Gasteiger partial charge in [0.2, 0.25) is 0 Å². The van der Waals surface area contributed by atoms with Gasteiger partial charge in [-0.05, 0) is 37.1 Å². The molecule has 1 aliphatic heterocycles. The Bertz CT molecular complexity index is 974. The third-order valence-electron chi connectivity index (χ3n) is 4.34. The summed E-state index contributed by atoms with van der Waals surface area (Å²) in [4.78, 5) is 18.6. The van der Waals surface area contributed by atoms with Crippen LogP contribution in [-0.4, -0.2) is 48.8 Å². The van der Waals surface area contributed by atoms with Crippen molar-refractivity contribution in [2.75, 3.05) is 13.1 Å². The van der Waals surface area contributed by atoms with E-state index in [0.717, 1.165) is 4.47 Å². The van der Waals surface area contributed by atoms with Crippen molar-refractivity contribution in [1.29, 1.82) is 0 Å².